The Balaban J connectivity index is 1.82. The Hall–Kier alpha value is -1.12. The largest absolute Gasteiger partial charge is 0.275 e. The molecule has 2 amide bonds. The van der Waals surface area contributed by atoms with E-state index in [1.54, 1.807) is 6.92 Å². The topological polar surface area (TPSA) is 37.4 Å². The van der Waals surface area contributed by atoms with Crippen molar-refractivity contribution < 1.29 is 9.59 Å². The lowest BCUT2D eigenvalue weighted by atomic mass is 9.87. The van der Waals surface area contributed by atoms with Crippen molar-refractivity contribution in [2.75, 3.05) is 6.54 Å². The number of hydrogen-bond donors (Lipinski definition) is 0. The van der Waals surface area contributed by atoms with Crippen LogP contribution in [0.15, 0.2) is 11.6 Å². The molecule has 0 spiro atoms. The molecule has 3 nitrogen and oxygen atoms in total. The highest BCUT2D eigenvalue weighted by atomic mass is 16.2. The average molecular weight is 221 g/mol. The van der Waals surface area contributed by atoms with Crippen molar-refractivity contribution in [2.45, 2.75) is 45.4 Å². The first-order chi connectivity index (χ1) is 7.68. The molecule has 1 aliphatic carbocycles. The lowest BCUT2D eigenvalue weighted by molar-refractivity contribution is -0.137. The molecule has 0 bridgehead atoms. The quantitative estimate of drug-likeness (QED) is 0.686. The SMILES string of the molecule is CC1=CC(=O)N(CCC2CCCCC2)C1=O. The maximum atomic E-state index is 11.6. The van der Waals surface area contributed by atoms with Crippen LogP contribution in [0.2, 0.25) is 0 Å². The van der Waals surface area contributed by atoms with E-state index in [0.717, 1.165) is 12.3 Å². The molecule has 0 saturated heterocycles. The molecule has 0 radical (unpaired) electrons. The van der Waals surface area contributed by atoms with Crippen LogP contribution in [0.25, 0.3) is 0 Å². The van der Waals surface area contributed by atoms with Gasteiger partial charge in [-0.05, 0) is 19.3 Å². The fourth-order valence-corrected chi connectivity index (χ4v) is 2.64. The Morgan fingerprint density at radius 3 is 2.50 bits per heavy atom. The Morgan fingerprint density at radius 2 is 1.94 bits per heavy atom. The first kappa shape index (κ1) is 11.4. The van der Waals surface area contributed by atoms with E-state index in [4.69, 9.17) is 0 Å². The van der Waals surface area contributed by atoms with Crippen LogP contribution in [-0.2, 0) is 9.59 Å². The molecule has 0 atom stereocenters. The molecule has 0 aromatic carbocycles. The summed E-state index contributed by atoms with van der Waals surface area (Å²) in [4.78, 5) is 24.5. The number of carbonyl (C=O) groups excluding carboxylic acids is 2. The minimum atomic E-state index is -0.127. The third kappa shape index (κ3) is 2.34. The number of hydrogen-bond acceptors (Lipinski definition) is 2. The molecule has 16 heavy (non-hydrogen) atoms. The van der Waals surface area contributed by atoms with Crippen LogP contribution in [-0.4, -0.2) is 23.3 Å². The summed E-state index contributed by atoms with van der Waals surface area (Å²) >= 11 is 0. The van der Waals surface area contributed by atoms with Gasteiger partial charge in [-0.1, -0.05) is 32.1 Å². The van der Waals surface area contributed by atoms with Crippen molar-refractivity contribution >= 4 is 11.8 Å². The van der Waals surface area contributed by atoms with Gasteiger partial charge in [0.1, 0.15) is 0 Å². The van der Waals surface area contributed by atoms with Crippen molar-refractivity contribution in [3.05, 3.63) is 11.6 Å². The van der Waals surface area contributed by atoms with Crippen LogP contribution in [0.5, 0.6) is 0 Å². The highest BCUT2D eigenvalue weighted by molar-refractivity contribution is 6.15. The second-order valence-corrected chi connectivity index (χ2v) is 4.92. The number of nitrogens with zero attached hydrogens (tertiary/aromatic N) is 1. The Kier molecular flexibility index (Phi) is 3.42. The van der Waals surface area contributed by atoms with Crippen molar-refractivity contribution in [3.8, 4) is 0 Å². The Bertz CT molecular complexity index is 327. The molecule has 0 unspecified atom stereocenters. The summed E-state index contributed by atoms with van der Waals surface area (Å²) in [7, 11) is 0. The fraction of sp³-hybridized carbons (Fsp3) is 0.692. The molecule has 1 aliphatic heterocycles. The van der Waals surface area contributed by atoms with E-state index in [-0.39, 0.29) is 11.8 Å². The van der Waals surface area contributed by atoms with Crippen LogP contribution < -0.4 is 0 Å². The molecule has 0 aromatic rings. The van der Waals surface area contributed by atoms with Crippen molar-refractivity contribution in [3.63, 3.8) is 0 Å². The Labute approximate surface area is 96.5 Å². The van der Waals surface area contributed by atoms with Gasteiger partial charge in [0.05, 0.1) is 0 Å². The van der Waals surface area contributed by atoms with E-state index in [9.17, 15) is 9.59 Å². The zero-order valence-corrected chi connectivity index (χ0v) is 9.87. The summed E-state index contributed by atoms with van der Waals surface area (Å²) in [5, 5.41) is 0. The third-order valence-corrected chi connectivity index (χ3v) is 3.67. The molecule has 0 aromatic heterocycles. The van der Waals surface area contributed by atoms with Gasteiger partial charge >= 0.3 is 0 Å². The van der Waals surface area contributed by atoms with Crippen LogP contribution in [0.1, 0.15) is 45.4 Å². The normalized spacial score (nSPS) is 22.8. The summed E-state index contributed by atoms with van der Waals surface area (Å²) in [5.41, 5.74) is 0.577. The number of amides is 2. The lowest BCUT2D eigenvalue weighted by Gasteiger charge is -2.23. The minimum Gasteiger partial charge on any atom is -0.275 e. The van der Waals surface area contributed by atoms with E-state index in [1.807, 2.05) is 0 Å². The highest BCUT2D eigenvalue weighted by Gasteiger charge is 2.28. The van der Waals surface area contributed by atoms with Gasteiger partial charge in [-0.25, -0.2) is 0 Å². The first-order valence-corrected chi connectivity index (χ1v) is 6.22. The van der Waals surface area contributed by atoms with Crippen LogP contribution in [0.4, 0.5) is 0 Å². The van der Waals surface area contributed by atoms with E-state index in [0.29, 0.717) is 12.1 Å². The first-order valence-electron chi connectivity index (χ1n) is 6.22. The second kappa shape index (κ2) is 4.81. The predicted molar refractivity (Wildman–Crippen MR) is 61.7 cm³/mol. The van der Waals surface area contributed by atoms with Gasteiger partial charge in [0.2, 0.25) is 0 Å². The van der Waals surface area contributed by atoms with Crippen LogP contribution in [0.3, 0.4) is 0 Å². The second-order valence-electron chi connectivity index (χ2n) is 4.92. The smallest absolute Gasteiger partial charge is 0.256 e. The molecule has 2 rings (SSSR count). The Morgan fingerprint density at radius 1 is 1.25 bits per heavy atom. The lowest BCUT2D eigenvalue weighted by Crippen LogP contribution is -2.33. The van der Waals surface area contributed by atoms with Gasteiger partial charge in [0, 0.05) is 18.2 Å². The number of imide groups is 1. The summed E-state index contributed by atoms with van der Waals surface area (Å²) in [5.74, 6) is 0.495. The van der Waals surface area contributed by atoms with Crippen LogP contribution >= 0.6 is 0 Å². The molecule has 1 saturated carbocycles. The number of rotatable bonds is 3. The zero-order chi connectivity index (χ0) is 11.5. The van der Waals surface area contributed by atoms with E-state index < -0.39 is 0 Å². The van der Waals surface area contributed by atoms with E-state index in [1.165, 1.54) is 43.1 Å². The predicted octanol–water partition coefficient (Wildman–Crippen LogP) is 2.27. The molecule has 2 aliphatic rings. The van der Waals surface area contributed by atoms with Gasteiger partial charge in [-0.15, -0.1) is 0 Å². The van der Waals surface area contributed by atoms with Gasteiger partial charge in [0.25, 0.3) is 11.8 Å². The molecule has 1 heterocycles. The van der Waals surface area contributed by atoms with E-state index >= 15 is 0 Å². The van der Waals surface area contributed by atoms with Crippen LogP contribution in [0, 0.1) is 5.92 Å². The number of carbonyl (C=O) groups is 2. The van der Waals surface area contributed by atoms with Gasteiger partial charge < -0.3 is 0 Å². The monoisotopic (exact) mass is 221 g/mol. The molecular formula is C13H19NO2. The van der Waals surface area contributed by atoms with Gasteiger partial charge in [-0.3, -0.25) is 14.5 Å². The summed E-state index contributed by atoms with van der Waals surface area (Å²) in [6, 6.07) is 0. The average Bonchev–Trinajstić information content (AvgIpc) is 2.53. The standard InChI is InChI=1S/C13H19NO2/c1-10-9-12(15)14(13(10)16)8-7-11-5-3-2-4-6-11/h9,11H,2-8H2,1H3. The highest BCUT2D eigenvalue weighted by Crippen LogP contribution is 2.27. The van der Waals surface area contributed by atoms with E-state index in [2.05, 4.69) is 0 Å². The van der Waals surface area contributed by atoms with Crippen molar-refractivity contribution in [2.24, 2.45) is 5.92 Å². The molecule has 1 fully saturated rings. The summed E-state index contributed by atoms with van der Waals surface area (Å²) in [6.07, 6.45) is 8.93. The molecular weight excluding hydrogens is 202 g/mol. The van der Waals surface area contributed by atoms with Gasteiger partial charge in [-0.2, -0.15) is 0 Å². The van der Waals surface area contributed by atoms with Crippen molar-refractivity contribution in [1.82, 2.24) is 4.90 Å². The van der Waals surface area contributed by atoms with Crippen molar-refractivity contribution in [1.29, 1.82) is 0 Å². The molecule has 0 N–H and O–H groups in total. The summed E-state index contributed by atoms with van der Waals surface area (Å²) < 4.78 is 0. The maximum absolute atomic E-state index is 11.6. The zero-order valence-electron chi connectivity index (χ0n) is 9.87. The maximum Gasteiger partial charge on any atom is 0.256 e. The molecule has 3 heteroatoms. The molecule has 88 valence electrons. The van der Waals surface area contributed by atoms with Gasteiger partial charge in [0.15, 0.2) is 0 Å². The summed E-state index contributed by atoms with van der Waals surface area (Å²) in [6.45, 7) is 2.32. The minimum absolute atomic E-state index is 0.0965. The fourth-order valence-electron chi connectivity index (χ4n) is 2.64. The third-order valence-electron chi connectivity index (χ3n) is 3.67.